The van der Waals surface area contributed by atoms with Crippen molar-refractivity contribution in [2.75, 3.05) is 49.1 Å². The third-order valence-electron chi connectivity index (χ3n) is 5.85. The Morgan fingerprint density at radius 3 is 2.51 bits per heavy atom. The van der Waals surface area contributed by atoms with E-state index in [-0.39, 0.29) is 18.4 Å². The first-order valence-corrected chi connectivity index (χ1v) is 12.4. The first-order valence-electron chi connectivity index (χ1n) is 12.4. The third-order valence-corrected chi connectivity index (χ3v) is 5.85. The van der Waals surface area contributed by atoms with Crippen molar-refractivity contribution in [1.29, 1.82) is 0 Å². The molecule has 0 unspecified atom stereocenters. The molecule has 0 bridgehead atoms. The van der Waals surface area contributed by atoms with Gasteiger partial charge in [0, 0.05) is 24.3 Å². The van der Waals surface area contributed by atoms with Gasteiger partial charge in [-0.2, -0.15) is 20.1 Å². The molecule has 1 fully saturated rings. The molecule has 2 heterocycles. The van der Waals surface area contributed by atoms with E-state index in [4.69, 9.17) is 14.2 Å². The van der Waals surface area contributed by atoms with Gasteiger partial charge in [-0.15, -0.1) is 0 Å². The van der Waals surface area contributed by atoms with E-state index in [1.54, 1.807) is 43.7 Å². The number of para-hydroxylation sites is 1. The lowest BCUT2D eigenvalue weighted by Gasteiger charge is -2.27. The molecule has 0 radical (unpaired) electrons. The van der Waals surface area contributed by atoms with Crippen LogP contribution in [0.3, 0.4) is 0 Å². The van der Waals surface area contributed by atoms with Gasteiger partial charge in [0.05, 0.1) is 26.5 Å². The summed E-state index contributed by atoms with van der Waals surface area (Å²) in [5.74, 6) is 1.90. The van der Waals surface area contributed by atoms with Crippen molar-refractivity contribution in [3.8, 4) is 11.5 Å². The highest BCUT2D eigenvalue weighted by Crippen LogP contribution is 2.28. The summed E-state index contributed by atoms with van der Waals surface area (Å²) in [5, 5.41) is 7.53. The lowest BCUT2D eigenvalue weighted by Crippen LogP contribution is -2.37. The van der Waals surface area contributed by atoms with Gasteiger partial charge < -0.3 is 24.4 Å². The van der Waals surface area contributed by atoms with E-state index < -0.39 is 0 Å². The summed E-state index contributed by atoms with van der Waals surface area (Å²) in [5.41, 5.74) is 4.97. The SMILES string of the molecule is COc1cc(/C=N\Nc2nc(Nc3ccccc3)nc(N3CCOCC3)n2)ccc1OCc1ccccc1F. The summed E-state index contributed by atoms with van der Waals surface area (Å²) in [6, 6.07) is 21.5. The topological polar surface area (TPSA) is 106 Å². The van der Waals surface area contributed by atoms with Crippen molar-refractivity contribution >= 4 is 29.7 Å². The molecule has 0 atom stereocenters. The van der Waals surface area contributed by atoms with Crippen molar-refractivity contribution in [1.82, 2.24) is 15.0 Å². The van der Waals surface area contributed by atoms with Gasteiger partial charge in [0.25, 0.3) is 0 Å². The van der Waals surface area contributed by atoms with Crippen LogP contribution in [0.2, 0.25) is 0 Å². The van der Waals surface area contributed by atoms with Gasteiger partial charge in [0.2, 0.25) is 17.8 Å². The fourth-order valence-corrected chi connectivity index (χ4v) is 3.85. The minimum absolute atomic E-state index is 0.0855. The first kappa shape index (κ1) is 25.9. The van der Waals surface area contributed by atoms with E-state index >= 15 is 0 Å². The van der Waals surface area contributed by atoms with Gasteiger partial charge >= 0.3 is 0 Å². The number of rotatable bonds is 10. The molecule has 10 nitrogen and oxygen atoms in total. The number of hydrazone groups is 1. The molecule has 11 heteroatoms. The number of methoxy groups -OCH3 is 1. The summed E-state index contributed by atoms with van der Waals surface area (Å²) >= 11 is 0. The summed E-state index contributed by atoms with van der Waals surface area (Å²) in [6.45, 7) is 2.67. The van der Waals surface area contributed by atoms with Gasteiger partial charge in [-0.05, 0) is 42.0 Å². The Bertz CT molecular complexity index is 1420. The zero-order valence-corrected chi connectivity index (χ0v) is 21.4. The zero-order chi connectivity index (χ0) is 26.9. The second-order valence-corrected chi connectivity index (χ2v) is 8.53. The molecule has 1 aromatic heterocycles. The van der Waals surface area contributed by atoms with Crippen LogP contribution >= 0.6 is 0 Å². The normalized spacial score (nSPS) is 13.3. The molecular weight excluding hydrogens is 501 g/mol. The van der Waals surface area contributed by atoms with Crippen molar-refractivity contribution in [3.63, 3.8) is 0 Å². The fraction of sp³-hybridized carbons (Fsp3) is 0.214. The first-order chi connectivity index (χ1) is 19.2. The number of hydrogen-bond donors (Lipinski definition) is 2. The molecule has 0 amide bonds. The van der Waals surface area contributed by atoms with Crippen LogP contribution in [0.15, 0.2) is 77.9 Å². The smallest absolute Gasteiger partial charge is 0.250 e. The van der Waals surface area contributed by atoms with Gasteiger partial charge in [0.1, 0.15) is 12.4 Å². The van der Waals surface area contributed by atoms with Gasteiger partial charge in [-0.25, -0.2) is 9.82 Å². The molecule has 1 saturated heterocycles. The summed E-state index contributed by atoms with van der Waals surface area (Å²) in [4.78, 5) is 15.6. The van der Waals surface area contributed by atoms with Crippen molar-refractivity contribution in [3.05, 3.63) is 89.7 Å². The van der Waals surface area contributed by atoms with E-state index in [2.05, 4.69) is 30.8 Å². The van der Waals surface area contributed by atoms with Crippen LogP contribution in [0.1, 0.15) is 11.1 Å². The molecule has 0 aliphatic carbocycles. The van der Waals surface area contributed by atoms with Crippen LogP contribution in [0, 0.1) is 5.82 Å². The molecule has 1 aliphatic heterocycles. The number of nitrogens with zero attached hydrogens (tertiary/aromatic N) is 5. The Balaban J connectivity index is 1.29. The van der Waals surface area contributed by atoms with Crippen LogP contribution in [0.25, 0.3) is 0 Å². The number of anilines is 4. The highest BCUT2D eigenvalue weighted by atomic mass is 19.1. The second kappa shape index (κ2) is 12.7. The molecule has 2 N–H and O–H groups in total. The molecule has 3 aromatic carbocycles. The molecule has 5 rings (SSSR count). The van der Waals surface area contributed by atoms with E-state index in [0.29, 0.717) is 55.3 Å². The maximum atomic E-state index is 13.9. The molecule has 39 heavy (non-hydrogen) atoms. The van der Waals surface area contributed by atoms with E-state index in [1.807, 2.05) is 41.3 Å². The van der Waals surface area contributed by atoms with Crippen molar-refractivity contribution in [2.45, 2.75) is 6.61 Å². The van der Waals surface area contributed by atoms with E-state index in [0.717, 1.165) is 11.3 Å². The zero-order valence-electron chi connectivity index (χ0n) is 21.4. The molecule has 200 valence electrons. The fourth-order valence-electron chi connectivity index (χ4n) is 3.85. The summed E-state index contributed by atoms with van der Waals surface area (Å²) in [6.07, 6.45) is 1.62. The maximum absolute atomic E-state index is 13.9. The van der Waals surface area contributed by atoms with Crippen LogP contribution in [-0.4, -0.2) is 54.6 Å². The van der Waals surface area contributed by atoms with Crippen molar-refractivity contribution in [2.24, 2.45) is 5.10 Å². The predicted octanol–water partition coefficient (Wildman–Crippen LogP) is 4.62. The van der Waals surface area contributed by atoms with Crippen molar-refractivity contribution < 1.29 is 18.6 Å². The second-order valence-electron chi connectivity index (χ2n) is 8.53. The van der Waals surface area contributed by atoms with Crippen LogP contribution in [0.5, 0.6) is 11.5 Å². The number of nitrogens with one attached hydrogen (secondary N) is 2. The average molecular weight is 530 g/mol. The lowest BCUT2D eigenvalue weighted by atomic mass is 10.2. The van der Waals surface area contributed by atoms with E-state index in [9.17, 15) is 4.39 Å². The third kappa shape index (κ3) is 6.96. The number of halogens is 1. The molecular formula is C28H28FN7O3. The highest BCUT2D eigenvalue weighted by molar-refractivity contribution is 5.81. The number of aromatic nitrogens is 3. The molecule has 0 saturated carbocycles. The standard InChI is InChI=1S/C28H28FN7O3/c1-37-25-17-20(11-12-24(25)39-19-21-7-5-6-10-23(21)29)18-30-35-27-32-26(31-22-8-3-2-4-9-22)33-28(34-27)36-13-15-38-16-14-36/h2-12,17-18H,13-16,19H2,1H3,(H2,31,32,33,34,35)/b30-18-. The Hall–Kier alpha value is -4.77. The lowest BCUT2D eigenvalue weighted by molar-refractivity contribution is 0.122. The number of morpholine rings is 1. The Morgan fingerprint density at radius 2 is 1.72 bits per heavy atom. The monoisotopic (exact) mass is 529 g/mol. The Labute approximate surface area is 225 Å². The Morgan fingerprint density at radius 1 is 0.949 bits per heavy atom. The number of benzene rings is 3. The van der Waals surface area contributed by atoms with Gasteiger partial charge in [-0.3, -0.25) is 0 Å². The predicted molar refractivity (Wildman–Crippen MR) is 148 cm³/mol. The number of ether oxygens (including phenoxy) is 3. The molecule has 1 aliphatic rings. The quantitative estimate of drug-likeness (QED) is 0.225. The minimum atomic E-state index is -0.316. The van der Waals surface area contributed by atoms with Crippen LogP contribution in [-0.2, 0) is 11.3 Å². The maximum Gasteiger partial charge on any atom is 0.250 e. The Kier molecular flexibility index (Phi) is 8.39. The molecule has 0 spiro atoms. The van der Waals surface area contributed by atoms with E-state index in [1.165, 1.54) is 6.07 Å². The number of hydrogen-bond acceptors (Lipinski definition) is 10. The van der Waals surface area contributed by atoms with Crippen LogP contribution < -0.4 is 25.1 Å². The highest BCUT2D eigenvalue weighted by Gasteiger charge is 2.17. The molecule has 4 aromatic rings. The van der Waals surface area contributed by atoms with Gasteiger partial charge in [0.15, 0.2) is 11.5 Å². The largest absolute Gasteiger partial charge is 0.493 e. The van der Waals surface area contributed by atoms with Gasteiger partial charge in [-0.1, -0.05) is 36.4 Å². The minimum Gasteiger partial charge on any atom is -0.493 e. The van der Waals surface area contributed by atoms with Crippen LogP contribution in [0.4, 0.5) is 27.9 Å². The average Bonchev–Trinajstić information content (AvgIpc) is 2.98. The summed E-state index contributed by atoms with van der Waals surface area (Å²) in [7, 11) is 1.55. The summed E-state index contributed by atoms with van der Waals surface area (Å²) < 4.78 is 30.6.